The van der Waals surface area contributed by atoms with Crippen LogP contribution in [0.1, 0.15) is 19.3 Å². The van der Waals surface area contributed by atoms with Crippen molar-refractivity contribution in [3.05, 3.63) is 0 Å². The SMILES string of the molecule is COC(=O)CC1COC(C2CCCS2)O1. The number of rotatable bonds is 3. The molecule has 0 radical (unpaired) electrons. The Hall–Kier alpha value is -0.260. The Morgan fingerprint density at radius 1 is 1.60 bits per heavy atom. The van der Waals surface area contributed by atoms with Crippen molar-refractivity contribution in [3.63, 3.8) is 0 Å². The lowest BCUT2D eigenvalue weighted by molar-refractivity contribution is -0.143. The van der Waals surface area contributed by atoms with Crippen LogP contribution in [0, 0.1) is 0 Å². The van der Waals surface area contributed by atoms with E-state index in [4.69, 9.17) is 9.47 Å². The number of carbonyl (C=O) groups excluding carboxylic acids is 1. The van der Waals surface area contributed by atoms with Gasteiger partial charge >= 0.3 is 5.97 Å². The van der Waals surface area contributed by atoms with E-state index in [0.717, 1.165) is 6.42 Å². The number of hydrogen-bond donors (Lipinski definition) is 0. The van der Waals surface area contributed by atoms with Gasteiger partial charge in [-0.25, -0.2) is 0 Å². The summed E-state index contributed by atoms with van der Waals surface area (Å²) in [5, 5.41) is 0.452. The molecule has 3 atom stereocenters. The third-order valence-electron chi connectivity index (χ3n) is 2.66. The van der Waals surface area contributed by atoms with Crippen LogP contribution in [0.2, 0.25) is 0 Å². The van der Waals surface area contributed by atoms with Crippen molar-refractivity contribution in [3.8, 4) is 0 Å². The minimum absolute atomic E-state index is 0.118. The summed E-state index contributed by atoms with van der Waals surface area (Å²) in [6.45, 7) is 0.511. The lowest BCUT2D eigenvalue weighted by atomic mass is 10.2. The van der Waals surface area contributed by atoms with E-state index in [9.17, 15) is 4.79 Å². The zero-order chi connectivity index (χ0) is 10.7. The van der Waals surface area contributed by atoms with Crippen LogP contribution in [0.3, 0.4) is 0 Å². The number of esters is 1. The molecule has 0 N–H and O–H groups in total. The van der Waals surface area contributed by atoms with E-state index in [-0.39, 0.29) is 18.4 Å². The second kappa shape index (κ2) is 5.18. The van der Waals surface area contributed by atoms with Gasteiger partial charge in [-0.15, -0.1) is 0 Å². The molecule has 2 rings (SSSR count). The predicted molar refractivity (Wildman–Crippen MR) is 56.7 cm³/mol. The monoisotopic (exact) mass is 232 g/mol. The summed E-state index contributed by atoms with van der Waals surface area (Å²) < 4.78 is 15.8. The van der Waals surface area contributed by atoms with E-state index in [2.05, 4.69) is 4.74 Å². The third-order valence-corrected chi connectivity index (χ3v) is 4.07. The molecule has 3 unspecified atom stereocenters. The van der Waals surface area contributed by atoms with Gasteiger partial charge in [0.2, 0.25) is 0 Å². The van der Waals surface area contributed by atoms with Gasteiger partial charge in [-0.05, 0) is 18.6 Å². The molecule has 0 saturated carbocycles. The van der Waals surface area contributed by atoms with Gasteiger partial charge in [0.1, 0.15) is 0 Å². The van der Waals surface area contributed by atoms with Gasteiger partial charge in [0, 0.05) is 0 Å². The topological polar surface area (TPSA) is 44.8 Å². The first kappa shape index (κ1) is 11.2. The molecule has 0 aliphatic carbocycles. The van der Waals surface area contributed by atoms with Crippen molar-refractivity contribution in [2.45, 2.75) is 36.9 Å². The van der Waals surface area contributed by atoms with Crippen molar-refractivity contribution in [2.24, 2.45) is 0 Å². The average molecular weight is 232 g/mol. The molecule has 2 aliphatic heterocycles. The summed E-state index contributed by atoms with van der Waals surface area (Å²) in [7, 11) is 1.39. The largest absolute Gasteiger partial charge is 0.469 e. The fraction of sp³-hybridized carbons (Fsp3) is 0.900. The Bertz CT molecular complexity index is 227. The van der Waals surface area contributed by atoms with E-state index < -0.39 is 0 Å². The Morgan fingerprint density at radius 3 is 3.13 bits per heavy atom. The molecule has 0 spiro atoms. The van der Waals surface area contributed by atoms with E-state index in [1.807, 2.05) is 11.8 Å². The smallest absolute Gasteiger partial charge is 0.308 e. The summed E-state index contributed by atoms with van der Waals surface area (Å²) in [6, 6.07) is 0. The molecule has 0 amide bonds. The van der Waals surface area contributed by atoms with Crippen LogP contribution in [-0.4, -0.2) is 43.1 Å². The highest BCUT2D eigenvalue weighted by atomic mass is 32.2. The molecule has 15 heavy (non-hydrogen) atoms. The first-order valence-electron chi connectivity index (χ1n) is 5.25. The third kappa shape index (κ3) is 2.86. The molecule has 2 heterocycles. The van der Waals surface area contributed by atoms with E-state index >= 15 is 0 Å². The van der Waals surface area contributed by atoms with Gasteiger partial charge in [-0.3, -0.25) is 4.79 Å². The highest BCUT2D eigenvalue weighted by Crippen LogP contribution is 2.33. The van der Waals surface area contributed by atoms with Crippen LogP contribution >= 0.6 is 11.8 Å². The summed E-state index contributed by atoms with van der Waals surface area (Å²) in [5.41, 5.74) is 0. The minimum atomic E-state index is -0.233. The number of thioether (sulfide) groups is 1. The second-order valence-electron chi connectivity index (χ2n) is 3.79. The Morgan fingerprint density at radius 2 is 2.47 bits per heavy atom. The maximum absolute atomic E-state index is 11.0. The van der Waals surface area contributed by atoms with Crippen LogP contribution < -0.4 is 0 Å². The average Bonchev–Trinajstić information content (AvgIpc) is 2.85. The molecule has 0 aromatic rings. The normalized spacial score (nSPS) is 35.7. The van der Waals surface area contributed by atoms with E-state index in [1.54, 1.807) is 0 Å². The van der Waals surface area contributed by atoms with Gasteiger partial charge in [-0.1, -0.05) is 0 Å². The Balaban J connectivity index is 1.76. The summed E-state index contributed by atoms with van der Waals surface area (Å²) in [4.78, 5) is 11.0. The molecular formula is C10H16O4S. The minimum Gasteiger partial charge on any atom is -0.469 e. The fourth-order valence-corrected chi connectivity index (χ4v) is 3.13. The molecule has 0 aromatic carbocycles. The van der Waals surface area contributed by atoms with Crippen molar-refractivity contribution in [2.75, 3.05) is 19.5 Å². The molecule has 5 heteroatoms. The van der Waals surface area contributed by atoms with Crippen molar-refractivity contribution >= 4 is 17.7 Å². The molecule has 86 valence electrons. The maximum Gasteiger partial charge on any atom is 0.308 e. The summed E-state index contributed by atoms with van der Waals surface area (Å²) in [5.74, 6) is 0.957. The van der Waals surface area contributed by atoms with Gasteiger partial charge in [0.25, 0.3) is 0 Å². The number of methoxy groups -OCH3 is 1. The Kier molecular flexibility index (Phi) is 3.88. The fourth-order valence-electron chi connectivity index (χ4n) is 1.86. The zero-order valence-electron chi connectivity index (χ0n) is 8.81. The second-order valence-corrected chi connectivity index (χ2v) is 5.14. The standard InChI is InChI=1S/C10H16O4S/c1-12-9(11)5-7-6-13-10(14-7)8-3-2-4-15-8/h7-8,10H,2-6H2,1H3. The predicted octanol–water partition coefficient (Wildman–Crippen LogP) is 1.19. The quantitative estimate of drug-likeness (QED) is 0.684. The van der Waals surface area contributed by atoms with Crippen LogP contribution in [0.4, 0.5) is 0 Å². The van der Waals surface area contributed by atoms with Crippen LogP contribution in [0.15, 0.2) is 0 Å². The highest BCUT2D eigenvalue weighted by molar-refractivity contribution is 8.00. The number of ether oxygens (including phenoxy) is 3. The number of hydrogen-bond acceptors (Lipinski definition) is 5. The van der Waals surface area contributed by atoms with Gasteiger partial charge < -0.3 is 14.2 Å². The summed E-state index contributed by atoms with van der Waals surface area (Å²) >= 11 is 1.90. The van der Waals surface area contributed by atoms with Crippen molar-refractivity contribution in [1.82, 2.24) is 0 Å². The van der Waals surface area contributed by atoms with Gasteiger partial charge in [-0.2, -0.15) is 11.8 Å². The van der Waals surface area contributed by atoms with Crippen molar-refractivity contribution < 1.29 is 19.0 Å². The first-order valence-corrected chi connectivity index (χ1v) is 6.30. The van der Waals surface area contributed by atoms with E-state index in [0.29, 0.717) is 18.3 Å². The number of carbonyl (C=O) groups is 1. The molecule has 2 aliphatic rings. The zero-order valence-corrected chi connectivity index (χ0v) is 9.63. The molecule has 2 saturated heterocycles. The van der Waals surface area contributed by atoms with E-state index in [1.165, 1.54) is 19.3 Å². The molecule has 4 nitrogen and oxygen atoms in total. The lowest BCUT2D eigenvalue weighted by Gasteiger charge is -2.16. The molecular weight excluding hydrogens is 216 g/mol. The van der Waals surface area contributed by atoms with Gasteiger partial charge in [0.05, 0.1) is 31.5 Å². The highest BCUT2D eigenvalue weighted by Gasteiger charge is 2.35. The van der Waals surface area contributed by atoms with Crippen LogP contribution in [-0.2, 0) is 19.0 Å². The summed E-state index contributed by atoms with van der Waals surface area (Å²) in [6.07, 6.45) is 2.45. The van der Waals surface area contributed by atoms with Crippen LogP contribution in [0.25, 0.3) is 0 Å². The maximum atomic E-state index is 11.0. The van der Waals surface area contributed by atoms with Gasteiger partial charge in [0.15, 0.2) is 6.29 Å². The Labute approximate surface area is 93.6 Å². The van der Waals surface area contributed by atoms with Crippen molar-refractivity contribution in [1.29, 1.82) is 0 Å². The first-order chi connectivity index (χ1) is 7.29. The molecule has 0 bridgehead atoms. The molecule has 0 aromatic heterocycles. The lowest BCUT2D eigenvalue weighted by Crippen LogP contribution is -2.23. The molecule has 2 fully saturated rings. The van der Waals surface area contributed by atoms with Crippen LogP contribution in [0.5, 0.6) is 0 Å².